The third kappa shape index (κ3) is 3.93. The van der Waals surface area contributed by atoms with E-state index >= 15 is 0 Å². The molecule has 0 spiro atoms. The molecule has 0 aliphatic carbocycles. The summed E-state index contributed by atoms with van der Waals surface area (Å²) in [5, 5.41) is 0. The summed E-state index contributed by atoms with van der Waals surface area (Å²) in [6.07, 6.45) is 0.995. The average Bonchev–Trinajstić information content (AvgIpc) is 2.74. The van der Waals surface area contributed by atoms with Crippen molar-refractivity contribution in [3.8, 4) is 0 Å². The molecule has 0 unspecified atom stereocenters. The van der Waals surface area contributed by atoms with Crippen molar-refractivity contribution in [1.82, 2.24) is 9.80 Å². The lowest BCUT2D eigenvalue weighted by Crippen LogP contribution is -2.49. The first-order chi connectivity index (χ1) is 13.7. The van der Waals surface area contributed by atoms with Gasteiger partial charge in [-0.15, -0.1) is 0 Å². The van der Waals surface area contributed by atoms with E-state index in [1.165, 1.54) is 28.2 Å². The maximum absolute atomic E-state index is 4.89. The van der Waals surface area contributed by atoms with Crippen LogP contribution in [0.25, 0.3) is 0 Å². The number of rotatable bonds is 5. The van der Waals surface area contributed by atoms with E-state index in [9.17, 15) is 0 Å². The third-order valence-electron chi connectivity index (χ3n) is 6.26. The van der Waals surface area contributed by atoms with Gasteiger partial charge in [0.2, 0.25) is 0 Å². The Morgan fingerprint density at radius 1 is 0.893 bits per heavy atom. The smallest absolute Gasteiger partial charge is 0.105 e. The lowest BCUT2D eigenvalue weighted by atomic mass is 10.1. The van der Waals surface area contributed by atoms with Gasteiger partial charge >= 0.3 is 0 Å². The summed E-state index contributed by atoms with van der Waals surface area (Å²) in [6.45, 7) is 14.3. The molecule has 1 saturated heterocycles. The number of para-hydroxylation sites is 1. The topological polar surface area (TPSA) is 22.1 Å². The van der Waals surface area contributed by atoms with Gasteiger partial charge in [0.05, 0.1) is 5.69 Å². The monoisotopic (exact) mass is 376 g/mol. The highest BCUT2D eigenvalue weighted by molar-refractivity contribution is 5.86. The van der Waals surface area contributed by atoms with E-state index in [2.05, 4.69) is 77.9 Å². The quantitative estimate of drug-likeness (QED) is 0.773. The molecular formula is C24H32N4. The number of anilines is 1. The number of fused-ring (bicyclic) bond motifs is 1. The van der Waals surface area contributed by atoms with Crippen LogP contribution in [0.15, 0.2) is 47.5 Å². The molecule has 4 rings (SSSR count). The fraction of sp³-hybridized carbons (Fsp3) is 0.458. The van der Waals surface area contributed by atoms with E-state index in [0.717, 1.165) is 57.9 Å². The Kier molecular flexibility index (Phi) is 5.67. The van der Waals surface area contributed by atoms with Gasteiger partial charge in [0, 0.05) is 57.9 Å². The predicted octanol–water partition coefficient (Wildman–Crippen LogP) is 4.38. The molecule has 0 atom stereocenters. The van der Waals surface area contributed by atoms with Crippen LogP contribution >= 0.6 is 0 Å². The molecule has 0 aromatic heterocycles. The molecule has 0 bridgehead atoms. The lowest BCUT2D eigenvalue weighted by Gasteiger charge is -2.38. The van der Waals surface area contributed by atoms with Gasteiger partial charge in [0.1, 0.15) is 5.84 Å². The standard InChI is InChI=1S/C24H32N4/c1-4-24-25-22-10-6-5-9-21(22)18-28(24)17-14-26-12-15-27(16-13-26)23-11-7-8-19(2)20(23)3/h5-11H,4,12-18H2,1-3H3. The first kappa shape index (κ1) is 19.0. The molecule has 2 aliphatic heterocycles. The minimum Gasteiger partial charge on any atom is -0.369 e. The molecule has 0 radical (unpaired) electrons. The Morgan fingerprint density at radius 3 is 2.46 bits per heavy atom. The van der Waals surface area contributed by atoms with Crippen LogP contribution in [0.1, 0.15) is 30.0 Å². The molecule has 2 aliphatic rings. The zero-order chi connectivity index (χ0) is 19.5. The third-order valence-corrected chi connectivity index (χ3v) is 6.26. The molecule has 4 nitrogen and oxygen atoms in total. The van der Waals surface area contributed by atoms with Gasteiger partial charge in [-0.05, 0) is 42.7 Å². The van der Waals surface area contributed by atoms with Crippen LogP contribution in [0.4, 0.5) is 11.4 Å². The van der Waals surface area contributed by atoms with Crippen molar-refractivity contribution in [3.05, 3.63) is 59.2 Å². The fourth-order valence-corrected chi connectivity index (χ4v) is 4.32. The van der Waals surface area contributed by atoms with Crippen LogP contribution in [-0.2, 0) is 6.54 Å². The van der Waals surface area contributed by atoms with Gasteiger partial charge in [-0.25, -0.2) is 4.99 Å². The Labute approximate surface area is 169 Å². The van der Waals surface area contributed by atoms with Crippen molar-refractivity contribution in [2.24, 2.45) is 4.99 Å². The first-order valence-electron chi connectivity index (χ1n) is 10.6. The zero-order valence-corrected chi connectivity index (χ0v) is 17.5. The number of aryl methyl sites for hydroxylation is 1. The molecule has 28 heavy (non-hydrogen) atoms. The molecule has 148 valence electrons. The minimum atomic E-state index is 0.991. The molecule has 1 fully saturated rings. The first-order valence-corrected chi connectivity index (χ1v) is 10.6. The second-order valence-corrected chi connectivity index (χ2v) is 7.98. The number of hydrogen-bond acceptors (Lipinski definition) is 4. The van der Waals surface area contributed by atoms with Crippen molar-refractivity contribution < 1.29 is 0 Å². The Morgan fingerprint density at radius 2 is 1.68 bits per heavy atom. The lowest BCUT2D eigenvalue weighted by molar-refractivity contribution is 0.230. The normalized spacial score (nSPS) is 17.5. The zero-order valence-electron chi connectivity index (χ0n) is 17.5. The number of benzene rings is 2. The molecule has 2 aromatic rings. The largest absolute Gasteiger partial charge is 0.369 e. The summed E-state index contributed by atoms with van der Waals surface area (Å²) in [5.74, 6) is 1.23. The van der Waals surface area contributed by atoms with Gasteiger partial charge in [0.15, 0.2) is 0 Å². The van der Waals surface area contributed by atoms with Crippen molar-refractivity contribution >= 4 is 17.2 Å². The van der Waals surface area contributed by atoms with E-state index < -0.39 is 0 Å². The highest BCUT2D eigenvalue weighted by Crippen LogP contribution is 2.27. The van der Waals surface area contributed by atoms with Crippen molar-refractivity contribution in [2.45, 2.75) is 33.7 Å². The number of nitrogens with zero attached hydrogens (tertiary/aromatic N) is 4. The number of piperazine rings is 1. The van der Waals surface area contributed by atoms with Crippen LogP contribution in [0.3, 0.4) is 0 Å². The van der Waals surface area contributed by atoms with E-state index in [1.54, 1.807) is 0 Å². The van der Waals surface area contributed by atoms with E-state index in [0.29, 0.717) is 0 Å². The Bertz CT molecular complexity index is 849. The van der Waals surface area contributed by atoms with E-state index in [4.69, 9.17) is 4.99 Å². The van der Waals surface area contributed by atoms with Gasteiger partial charge in [-0.1, -0.05) is 37.3 Å². The van der Waals surface area contributed by atoms with Gasteiger partial charge in [-0.2, -0.15) is 0 Å². The maximum Gasteiger partial charge on any atom is 0.105 e. The maximum atomic E-state index is 4.89. The molecule has 0 N–H and O–H groups in total. The summed E-state index contributed by atoms with van der Waals surface area (Å²) < 4.78 is 0. The van der Waals surface area contributed by atoms with Gasteiger partial charge in [-0.3, -0.25) is 4.90 Å². The van der Waals surface area contributed by atoms with Crippen LogP contribution < -0.4 is 4.90 Å². The average molecular weight is 377 g/mol. The summed E-state index contributed by atoms with van der Waals surface area (Å²) >= 11 is 0. The SMILES string of the molecule is CCC1=Nc2ccccc2CN1CCN1CCN(c2cccc(C)c2C)CC1. The number of aliphatic imine (C=N–C) groups is 1. The van der Waals surface area contributed by atoms with E-state index in [1.807, 2.05) is 0 Å². The predicted molar refractivity (Wildman–Crippen MR) is 119 cm³/mol. The molecule has 2 aromatic carbocycles. The van der Waals surface area contributed by atoms with Gasteiger partial charge < -0.3 is 9.80 Å². The molecule has 4 heteroatoms. The summed E-state index contributed by atoms with van der Waals surface area (Å²) in [7, 11) is 0. The summed E-state index contributed by atoms with van der Waals surface area (Å²) in [4.78, 5) is 12.5. The number of hydrogen-bond donors (Lipinski definition) is 0. The summed E-state index contributed by atoms with van der Waals surface area (Å²) in [6, 6.07) is 15.2. The van der Waals surface area contributed by atoms with Crippen LogP contribution in [0, 0.1) is 13.8 Å². The van der Waals surface area contributed by atoms with Crippen molar-refractivity contribution in [1.29, 1.82) is 0 Å². The van der Waals surface area contributed by atoms with Crippen LogP contribution in [-0.4, -0.2) is 54.9 Å². The number of amidine groups is 1. The highest BCUT2D eigenvalue weighted by atomic mass is 15.3. The van der Waals surface area contributed by atoms with E-state index in [-0.39, 0.29) is 0 Å². The fourth-order valence-electron chi connectivity index (χ4n) is 4.32. The summed E-state index contributed by atoms with van der Waals surface area (Å²) in [5.41, 5.74) is 6.72. The molecule has 0 amide bonds. The van der Waals surface area contributed by atoms with Crippen LogP contribution in [0.5, 0.6) is 0 Å². The van der Waals surface area contributed by atoms with Crippen molar-refractivity contribution in [2.75, 3.05) is 44.2 Å². The Hall–Kier alpha value is -2.33. The van der Waals surface area contributed by atoms with Crippen LogP contribution in [0.2, 0.25) is 0 Å². The molecular weight excluding hydrogens is 344 g/mol. The highest BCUT2D eigenvalue weighted by Gasteiger charge is 2.22. The molecule has 0 saturated carbocycles. The van der Waals surface area contributed by atoms with Crippen molar-refractivity contribution in [3.63, 3.8) is 0 Å². The van der Waals surface area contributed by atoms with Gasteiger partial charge in [0.25, 0.3) is 0 Å². The minimum absolute atomic E-state index is 0.991. The molecule has 2 heterocycles. The second kappa shape index (κ2) is 8.36. The second-order valence-electron chi connectivity index (χ2n) is 7.98. The Balaban J connectivity index is 1.33.